The van der Waals surface area contributed by atoms with Gasteiger partial charge in [-0.1, -0.05) is 19.9 Å². The molecule has 1 unspecified atom stereocenters. The number of hydrogen-bond donors (Lipinski definition) is 1. The van der Waals surface area contributed by atoms with Crippen molar-refractivity contribution in [2.24, 2.45) is 5.41 Å². The average molecular weight is 166 g/mol. The van der Waals surface area contributed by atoms with E-state index >= 15 is 0 Å². The first-order valence-electron chi connectivity index (χ1n) is 4.67. The molecule has 0 bridgehead atoms. The van der Waals surface area contributed by atoms with Gasteiger partial charge in [0.05, 0.1) is 0 Å². The van der Waals surface area contributed by atoms with Gasteiger partial charge in [-0.25, -0.2) is 0 Å². The molecule has 0 aromatic heterocycles. The molecule has 68 valence electrons. The van der Waals surface area contributed by atoms with Crippen LogP contribution in [0.15, 0.2) is 23.5 Å². The molecule has 0 saturated heterocycles. The summed E-state index contributed by atoms with van der Waals surface area (Å²) >= 11 is 0. The Hall–Kier alpha value is -0.720. The lowest BCUT2D eigenvalue weighted by atomic mass is 9.77. The molecule has 0 aromatic carbocycles. The van der Waals surface area contributed by atoms with Gasteiger partial charge < -0.3 is 5.11 Å². The Morgan fingerprint density at radius 1 is 1.58 bits per heavy atom. The highest BCUT2D eigenvalue weighted by molar-refractivity contribution is 5.25. The van der Waals surface area contributed by atoms with E-state index < -0.39 is 0 Å². The molecule has 1 rings (SSSR count). The van der Waals surface area contributed by atoms with E-state index in [9.17, 15) is 5.11 Å². The highest BCUT2D eigenvalue weighted by Gasteiger charge is 2.26. The molecule has 0 spiro atoms. The van der Waals surface area contributed by atoms with Gasteiger partial charge in [0.15, 0.2) is 0 Å². The number of hydrogen-bond acceptors (Lipinski definition) is 1. The monoisotopic (exact) mass is 166 g/mol. The molecule has 0 radical (unpaired) electrons. The van der Waals surface area contributed by atoms with Crippen LogP contribution in [0.4, 0.5) is 0 Å². The maximum Gasteiger partial charge on any atom is 0.114 e. The van der Waals surface area contributed by atoms with Crippen molar-refractivity contribution in [1.82, 2.24) is 0 Å². The zero-order valence-corrected chi connectivity index (χ0v) is 8.22. The summed E-state index contributed by atoms with van der Waals surface area (Å²) in [4.78, 5) is 0. The second-order valence-corrected chi connectivity index (χ2v) is 3.87. The van der Waals surface area contributed by atoms with Crippen LogP contribution < -0.4 is 0 Å². The maximum absolute atomic E-state index is 9.62. The summed E-state index contributed by atoms with van der Waals surface area (Å²) < 4.78 is 0. The van der Waals surface area contributed by atoms with Crippen molar-refractivity contribution >= 4 is 0 Å². The van der Waals surface area contributed by atoms with Crippen LogP contribution in [0.2, 0.25) is 0 Å². The summed E-state index contributed by atoms with van der Waals surface area (Å²) in [6.45, 7) is 6.45. The predicted octanol–water partition coefficient (Wildman–Crippen LogP) is 3.58. The second-order valence-electron chi connectivity index (χ2n) is 3.87. The van der Waals surface area contributed by atoms with Gasteiger partial charge in [-0.15, -0.1) is 0 Å². The Morgan fingerprint density at radius 2 is 2.25 bits per heavy atom. The lowest BCUT2D eigenvalue weighted by Gasteiger charge is -2.28. The van der Waals surface area contributed by atoms with E-state index in [1.165, 1.54) is 0 Å². The van der Waals surface area contributed by atoms with Crippen LogP contribution >= 0.6 is 0 Å². The van der Waals surface area contributed by atoms with Gasteiger partial charge in [-0.05, 0) is 43.3 Å². The molecule has 1 N–H and O–H groups in total. The molecular weight excluding hydrogens is 148 g/mol. The fourth-order valence-corrected chi connectivity index (χ4v) is 1.66. The van der Waals surface area contributed by atoms with Crippen LogP contribution in [0.1, 0.15) is 40.0 Å². The van der Waals surface area contributed by atoms with Crippen LogP contribution in [-0.4, -0.2) is 5.11 Å². The number of allylic oxidation sites excluding steroid dienone is 3. The largest absolute Gasteiger partial charge is 0.508 e. The van der Waals surface area contributed by atoms with Gasteiger partial charge in [0.25, 0.3) is 0 Å². The second kappa shape index (κ2) is 3.34. The Kier molecular flexibility index (Phi) is 2.61. The first-order chi connectivity index (χ1) is 5.60. The maximum atomic E-state index is 9.62. The molecule has 0 aromatic rings. The van der Waals surface area contributed by atoms with Crippen molar-refractivity contribution < 1.29 is 5.11 Å². The molecule has 1 atom stereocenters. The third-order valence-electron chi connectivity index (χ3n) is 3.21. The first kappa shape index (κ1) is 9.37. The van der Waals surface area contributed by atoms with E-state index in [1.807, 2.05) is 13.0 Å². The van der Waals surface area contributed by atoms with Crippen molar-refractivity contribution in [3.8, 4) is 0 Å². The van der Waals surface area contributed by atoms with E-state index in [-0.39, 0.29) is 5.41 Å². The third kappa shape index (κ3) is 1.55. The summed E-state index contributed by atoms with van der Waals surface area (Å²) in [6, 6.07) is 0. The van der Waals surface area contributed by atoms with Gasteiger partial charge in [0, 0.05) is 0 Å². The van der Waals surface area contributed by atoms with Crippen LogP contribution in [-0.2, 0) is 0 Å². The molecule has 0 fully saturated rings. The van der Waals surface area contributed by atoms with Crippen LogP contribution in [0, 0.1) is 5.41 Å². The van der Waals surface area contributed by atoms with Crippen LogP contribution in [0.3, 0.4) is 0 Å². The predicted molar refractivity (Wildman–Crippen MR) is 52.1 cm³/mol. The molecule has 0 amide bonds. The first-order valence-corrected chi connectivity index (χ1v) is 4.67. The van der Waals surface area contributed by atoms with Crippen molar-refractivity contribution in [2.75, 3.05) is 0 Å². The minimum Gasteiger partial charge on any atom is -0.508 e. The molecule has 0 aliphatic heterocycles. The summed E-state index contributed by atoms with van der Waals surface area (Å²) in [7, 11) is 0. The highest BCUT2D eigenvalue weighted by Crippen LogP contribution is 2.38. The topological polar surface area (TPSA) is 20.2 Å². The molecule has 1 aliphatic carbocycles. The lowest BCUT2D eigenvalue weighted by Crippen LogP contribution is -2.16. The van der Waals surface area contributed by atoms with Gasteiger partial charge in [-0.2, -0.15) is 0 Å². The Balaban J connectivity index is 2.99. The Morgan fingerprint density at radius 3 is 2.83 bits per heavy atom. The molecule has 12 heavy (non-hydrogen) atoms. The minimum absolute atomic E-state index is 0.202. The summed E-state index contributed by atoms with van der Waals surface area (Å²) in [5.74, 6) is 0.469. The molecular formula is C11H18O. The minimum atomic E-state index is 0.202. The quantitative estimate of drug-likeness (QED) is 0.631. The van der Waals surface area contributed by atoms with E-state index in [0.29, 0.717) is 5.76 Å². The van der Waals surface area contributed by atoms with Crippen molar-refractivity contribution in [3.05, 3.63) is 23.5 Å². The number of aliphatic hydroxyl groups excluding tert-OH is 1. The number of rotatable bonds is 1. The molecule has 0 saturated carbocycles. The Labute approximate surface area is 74.8 Å². The van der Waals surface area contributed by atoms with Gasteiger partial charge in [-0.3, -0.25) is 0 Å². The molecule has 1 heteroatoms. The van der Waals surface area contributed by atoms with E-state index in [0.717, 1.165) is 24.8 Å². The normalized spacial score (nSPS) is 30.6. The fraction of sp³-hybridized carbons (Fsp3) is 0.636. The van der Waals surface area contributed by atoms with Crippen LogP contribution in [0.25, 0.3) is 0 Å². The zero-order chi connectivity index (χ0) is 9.19. The summed E-state index contributed by atoms with van der Waals surface area (Å²) in [5, 5.41) is 9.62. The van der Waals surface area contributed by atoms with E-state index in [1.54, 1.807) is 0 Å². The third-order valence-corrected chi connectivity index (χ3v) is 3.21. The average Bonchev–Trinajstić information content (AvgIpc) is 2.20. The zero-order valence-electron chi connectivity index (χ0n) is 8.22. The van der Waals surface area contributed by atoms with Crippen molar-refractivity contribution in [2.45, 2.75) is 40.0 Å². The van der Waals surface area contributed by atoms with Gasteiger partial charge in [0.2, 0.25) is 0 Å². The summed E-state index contributed by atoms with van der Waals surface area (Å²) in [5.41, 5.74) is 1.34. The van der Waals surface area contributed by atoms with E-state index in [4.69, 9.17) is 0 Å². The van der Waals surface area contributed by atoms with Crippen LogP contribution in [0.5, 0.6) is 0 Å². The van der Waals surface area contributed by atoms with Crippen molar-refractivity contribution in [3.63, 3.8) is 0 Å². The van der Waals surface area contributed by atoms with E-state index in [2.05, 4.69) is 19.9 Å². The highest BCUT2D eigenvalue weighted by atomic mass is 16.3. The SMILES string of the molecule is CCC1(C)CCC=CC(O)=C1C. The summed E-state index contributed by atoms with van der Waals surface area (Å²) in [6.07, 6.45) is 7.21. The smallest absolute Gasteiger partial charge is 0.114 e. The lowest BCUT2D eigenvalue weighted by molar-refractivity contribution is 0.329. The number of aliphatic hydroxyl groups is 1. The molecule has 0 heterocycles. The standard InChI is InChI=1S/C11H18O/c1-4-11(3)8-6-5-7-10(12)9(11)2/h5,7,12H,4,6,8H2,1-3H3. The van der Waals surface area contributed by atoms with Gasteiger partial charge >= 0.3 is 0 Å². The van der Waals surface area contributed by atoms with Crippen molar-refractivity contribution in [1.29, 1.82) is 0 Å². The fourth-order valence-electron chi connectivity index (χ4n) is 1.66. The molecule has 1 aliphatic rings. The molecule has 1 nitrogen and oxygen atoms in total. The Bertz CT molecular complexity index is 225. The van der Waals surface area contributed by atoms with Gasteiger partial charge in [0.1, 0.15) is 5.76 Å².